The van der Waals surface area contributed by atoms with E-state index in [-0.39, 0.29) is 18.0 Å². The summed E-state index contributed by atoms with van der Waals surface area (Å²) in [5.74, 6) is 0.129. The first-order valence-corrected chi connectivity index (χ1v) is 11.4. The maximum Gasteiger partial charge on any atom is 0.263 e. The predicted octanol–water partition coefficient (Wildman–Crippen LogP) is 4.08. The maximum atomic E-state index is 12.9. The van der Waals surface area contributed by atoms with Gasteiger partial charge in [-0.2, -0.15) is 0 Å². The van der Waals surface area contributed by atoms with E-state index < -0.39 is 0 Å². The Morgan fingerprint density at radius 2 is 2.11 bits per heavy atom. The normalized spacial score (nSPS) is 11.4. The van der Waals surface area contributed by atoms with Crippen LogP contribution < -0.4 is 10.9 Å². The average Bonchev–Trinajstić information content (AvgIpc) is 3.42. The Bertz CT molecular complexity index is 1170. The number of fused-ring (bicyclic) bond motifs is 1. The third-order valence-corrected chi connectivity index (χ3v) is 7.17. The molecule has 4 heterocycles. The average molecular weight is 431 g/mol. The molecule has 0 aromatic carbocycles. The van der Waals surface area contributed by atoms with Gasteiger partial charge in [-0.15, -0.1) is 34.0 Å². The summed E-state index contributed by atoms with van der Waals surface area (Å²) in [5.41, 5.74) is 1.52. The Morgan fingerprint density at radius 1 is 1.25 bits per heavy atom. The van der Waals surface area contributed by atoms with E-state index in [9.17, 15) is 9.59 Å². The van der Waals surface area contributed by atoms with Crippen LogP contribution in [-0.2, 0) is 17.9 Å². The van der Waals surface area contributed by atoms with Crippen molar-refractivity contribution in [1.29, 1.82) is 0 Å². The van der Waals surface area contributed by atoms with Gasteiger partial charge >= 0.3 is 0 Å². The van der Waals surface area contributed by atoms with Gasteiger partial charge in [0.25, 0.3) is 5.56 Å². The lowest BCUT2D eigenvalue weighted by Gasteiger charge is -2.07. The molecule has 0 aliphatic rings. The molecule has 6 nitrogen and oxygen atoms in total. The van der Waals surface area contributed by atoms with Crippen molar-refractivity contribution < 1.29 is 4.79 Å². The van der Waals surface area contributed by atoms with E-state index in [0.29, 0.717) is 22.7 Å². The van der Waals surface area contributed by atoms with Gasteiger partial charge in [0.1, 0.15) is 11.4 Å². The van der Waals surface area contributed by atoms with Crippen LogP contribution in [0.4, 0.5) is 0 Å². The molecule has 4 aromatic heterocycles. The summed E-state index contributed by atoms with van der Waals surface area (Å²) in [5, 5.41) is 10.3. The Labute approximate surface area is 173 Å². The highest BCUT2D eigenvalue weighted by Gasteiger charge is 2.15. The zero-order valence-corrected chi connectivity index (χ0v) is 17.8. The molecule has 0 bridgehead atoms. The monoisotopic (exact) mass is 430 g/mol. The second-order valence-corrected chi connectivity index (χ2v) is 9.29. The lowest BCUT2D eigenvalue weighted by Crippen LogP contribution is -2.32. The number of hydrogen-bond donors (Lipinski definition) is 1. The van der Waals surface area contributed by atoms with Gasteiger partial charge in [0.2, 0.25) is 5.91 Å². The standard InChI is InChI=1S/C19H18N4O2S3/c1-11(2)17-22-12(8-27-17)6-20-15(24)7-23-10-21-18-16(19(23)25)13(9-28-18)14-4-3-5-26-14/h3-5,8-11H,6-7H2,1-2H3,(H,20,24). The van der Waals surface area contributed by atoms with Crippen molar-refractivity contribution in [1.82, 2.24) is 19.9 Å². The molecule has 144 valence electrons. The van der Waals surface area contributed by atoms with E-state index in [1.165, 1.54) is 22.2 Å². The van der Waals surface area contributed by atoms with Gasteiger partial charge in [0.05, 0.1) is 29.0 Å². The SMILES string of the molecule is CC(C)c1nc(CNC(=O)Cn2cnc3scc(-c4cccs4)c3c2=O)cs1. The maximum absolute atomic E-state index is 12.9. The molecule has 28 heavy (non-hydrogen) atoms. The molecule has 9 heteroatoms. The lowest BCUT2D eigenvalue weighted by atomic mass is 10.2. The highest BCUT2D eigenvalue weighted by Crippen LogP contribution is 2.33. The van der Waals surface area contributed by atoms with Gasteiger partial charge in [-0.1, -0.05) is 19.9 Å². The number of amides is 1. The van der Waals surface area contributed by atoms with Crippen molar-refractivity contribution in [2.24, 2.45) is 0 Å². The number of rotatable bonds is 6. The van der Waals surface area contributed by atoms with Crippen LogP contribution in [0.3, 0.4) is 0 Å². The van der Waals surface area contributed by atoms with Gasteiger partial charge in [-0.25, -0.2) is 9.97 Å². The molecule has 0 radical (unpaired) electrons. The Kier molecular flexibility index (Phi) is 5.38. The number of thiazole rings is 1. The molecule has 0 spiro atoms. The van der Waals surface area contributed by atoms with Crippen LogP contribution in [0.15, 0.2) is 39.4 Å². The number of hydrogen-bond acceptors (Lipinski definition) is 7. The van der Waals surface area contributed by atoms with Crippen LogP contribution in [0.5, 0.6) is 0 Å². The number of nitrogens with one attached hydrogen (secondary N) is 1. The first kappa shape index (κ1) is 19.0. The molecule has 1 amide bonds. The summed E-state index contributed by atoms with van der Waals surface area (Å²) in [6.45, 7) is 4.46. The molecular weight excluding hydrogens is 412 g/mol. The Morgan fingerprint density at radius 3 is 2.82 bits per heavy atom. The zero-order valence-electron chi connectivity index (χ0n) is 15.3. The number of carbonyl (C=O) groups excluding carboxylic acids is 1. The van der Waals surface area contributed by atoms with Crippen LogP contribution in [0.1, 0.15) is 30.5 Å². The van der Waals surface area contributed by atoms with E-state index in [2.05, 4.69) is 29.1 Å². The summed E-state index contributed by atoms with van der Waals surface area (Å²) >= 11 is 4.61. The minimum Gasteiger partial charge on any atom is -0.349 e. The van der Waals surface area contributed by atoms with E-state index in [0.717, 1.165) is 21.1 Å². The fourth-order valence-electron chi connectivity index (χ4n) is 2.76. The number of nitrogens with zero attached hydrogens (tertiary/aromatic N) is 3. The van der Waals surface area contributed by atoms with Crippen LogP contribution in [0.2, 0.25) is 0 Å². The molecule has 0 aliphatic carbocycles. The van der Waals surface area contributed by atoms with Crippen molar-refractivity contribution in [2.75, 3.05) is 0 Å². The Hall–Kier alpha value is -2.36. The van der Waals surface area contributed by atoms with Gasteiger partial charge in [0.15, 0.2) is 0 Å². The zero-order chi connectivity index (χ0) is 19.7. The first-order valence-electron chi connectivity index (χ1n) is 8.74. The van der Waals surface area contributed by atoms with Gasteiger partial charge < -0.3 is 5.32 Å². The molecule has 0 aliphatic heterocycles. The summed E-state index contributed by atoms with van der Waals surface area (Å²) in [7, 11) is 0. The van der Waals surface area contributed by atoms with Crippen molar-refractivity contribution in [3.05, 3.63) is 55.7 Å². The van der Waals surface area contributed by atoms with Crippen molar-refractivity contribution in [3.63, 3.8) is 0 Å². The molecular formula is C19H18N4O2S3. The molecule has 0 saturated carbocycles. The summed E-state index contributed by atoms with van der Waals surface area (Å²) in [6, 6.07) is 3.93. The quantitative estimate of drug-likeness (QED) is 0.500. The van der Waals surface area contributed by atoms with Crippen molar-refractivity contribution in [3.8, 4) is 10.4 Å². The molecule has 0 saturated heterocycles. The van der Waals surface area contributed by atoms with Gasteiger partial charge in [-0.3, -0.25) is 14.2 Å². The molecule has 4 rings (SSSR count). The van der Waals surface area contributed by atoms with E-state index >= 15 is 0 Å². The number of carbonyl (C=O) groups is 1. The number of thiophene rings is 2. The van der Waals surface area contributed by atoms with Gasteiger partial charge in [0, 0.05) is 27.1 Å². The van der Waals surface area contributed by atoms with E-state index in [1.54, 1.807) is 22.7 Å². The van der Waals surface area contributed by atoms with E-state index in [1.807, 2.05) is 28.3 Å². The van der Waals surface area contributed by atoms with Crippen LogP contribution in [-0.4, -0.2) is 20.4 Å². The molecule has 0 unspecified atom stereocenters. The molecule has 4 aromatic rings. The van der Waals surface area contributed by atoms with Crippen LogP contribution in [0, 0.1) is 0 Å². The highest BCUT2D eigenvalue weighted by atomic mass is 32.1. The second kappa shape index (κ2) is 7.94. The van der Waals surface area contributed by atoms with Gasteiger partial charge in [-0.05, 0) is 11.4 Å². The molecule has 0 fully saturated rings. The minimum atomic E-state index is -0.241. The third-order valence-electron chi connectivity index (χ3n) is 4.19. The Balaban J connectivity index is 1.51. The van der Waals surface area contributed by atoms with E-state index in [4.69, 9.17) is 0 Å². The first-order chi connectivity index (χ1) is 13.5. The lowest BCUT2D eigenvalue weighted by molar-refractivity contribution is -0.121. The fraction of sp³-hybridized carbons (Fsp3) is 0.263. The van der Waals surface area contributed by atoms with Crippen molar-refractivity contribution in [2.45, 2.75) is 32.9 Å². The van der Waals surface area contributed by atoms with Crippen molar-refractivity contribution >= 4 is 50.1 Å². The number of aromatic nitrogens is 3. The highest BCUT2D eigenvalue weighted by molar-refractivity contribution is 7.18. The largest absolute Gasteiger partial charge is 0.349 e. The second-order valence-electron chi connectivity index (χ2n) is 6.59. The summed E-state index contributed by atoms with van der Waals surface area (Å²) in [4.78, 5) is 35.9. The minimum absolute atomic E-state index is 0.0668. The smallest absolute Gasteiger partial charge is 0.263 e. The third kappa shape index (κ3) is 3.78. The summed E-state index contributed by atoms with van der Waals surface area (Å²) < 4.78 is 1.36. The van der Waals surface area contributed by atoms with Crippen LogP contribution in [0.25, 0.3) is 20.7 Å². The fourth-order valence-corrected chi connectivity index (χ4v) is 5.32. The summed E-state index contributed by atoms with van der Waals surface area (Å²) in [6.07, 6.45) is 1.44. The molecule has 0 atom stereocenters. The topological polar surface area (TPSA) is 76.9 Å². The van der Waals surface area contributed by atoms with Crippen LogP contribution >= 0.6 is 34.0 Å². The predicted molar refractivity (Wildman–Crippen MR) is 115 cm³/mol. The molecule has 1 N–H and O–H groups in total.